The van der Waals surface area contributed by atoms with Crippen molar-refractivity contribution in [2.75, 3.05) is 6.26 Å². The quantitative estimate of drug-likeness (QED) is 0.805. The molecule has 0 radical (unpaired) electrons. The highest BCUT2D eigenvalue weighted by atomic mass is 35.5. The van der Waals surface area contributed by atoms with Gasteiger partial charge in [0.05, 0.1) is 6.42 Å². The van der Waals surface area contributed by atoms with Gasteiger partial charge in [-0.1, -0.05) is 11.6 Å². The summed E-state index contributed by atoms with van der Waals surface area (Å²) in [6, 6.07) is 2.75. The normalized spacial score (nSPS) is 21.8. The Morgan fingerprint density at radius 1 is 1.17 bits per heavy atom. The van der Waals surface area contributed by atoms with Gasteiger partial charge >= 0.3 is 6.18 Å². The lowest BCUT2D eigenvalue weighted by molar-refractivity contribution is -0.155. The number of hydrogen-bond acceptors (Lipinski definition) is 3. The summed E-state index contributed by atoms with van der Waals surface area (Å²) in [6.07, 6.45) is -3.93. The molecule has 23 heavy (non-hydrogen) atoms. The van der Waals surface area contributed by atoms with Crippen LogP contribution < -0.4 is 10.6 Å². The van der Waals surface area contributed by atoms with Crippen molar-refractivity contribution >= 4 is 35.2 Å². The number of alkyl halides is 3. The van der Waals surface area contributed by atoms with Crippen LogP contribution in [0.5, 0.6) is 0 Å². The van der Waals surface area contributed by atoms with Gasteiger partial charge in [0, 0.05) is 16.3 Å². The number of carbonyl (C=O) groups is 2. The zero-order valence-electron chi connectivity index (χ0n) is 12.0. The minimum absolute atomic E-state index is 0.115. The van der Waals surface area contributed by atoms with Gasteiger partial charge in [0.15, 0.2) is 0 Å². The molecule has 1 unspecified atom stereocenters. The van der Waals surface area contributed by atoms with Gasteiger partial charge in [-0.3, -0.25) is 9.59 Å². The van der Waals surface area contributed by atoms with E-state index in [1.807, 2.05) is 12.3 Å². The molecule has 2 N–H and O–H groups in total. The van der Waals surface area contributed by atoms with Crippen LogP contribution in [0, 0.1) is 0 Å². The van der Waals surface area contributed by atoms with Crippen molar-refractivity contribution in [2.24, 2.45) is 0 Å². The van der Waals surface area contributed by atoms with Crippen molar-refractivity contribution in [3.8, 4) is 0 Å². The van der Waals surface area contributed by atoms with Crippen molar-refractivity contribution in [1.82, 2.24) is 10.6 Å². The Morgan fingerprint density at radius 3 is 2.39 bits per heavy atom. The van der Waals surface area contributed by atoms with Gasteiger partial charge in [-0.2, -0.15) is 13.2 Å². The number of carbonyl (C=O) groups excluding carboxylic acids is 2. The molecule has 2 atom stereocenters. The molecule has 1 fully saturated rings. The Balaban J connectivity index is 2.09. The van der Waals surface area contributed by atoms with Crippen molar-refractivity contribution < 1.29 is 22.8 Å². The topological polar surface area (TPSA) is 58.2 Å². The van der Waals surface area contributed by atoms with E-state index in [-0.39, 0.29) is 6.42 Å². The third-order valence-corrected chi connectivity index (χ3v) is 4.47. The number of halogens is 4. The molecule has 0 spiro atoms. The average molecular weight is 367 g/mol. The van der Waals surface area contributed by atoms with Gasteiger partial charge in [0.25, 0.3) is 0 Å². The summed E-state index contributed by atoms with van der Waals surface area (Å²) in [6.45, 7) is 0. The molecule has 4 nitrogen and oxygen atoms in total. The van der Waals surface area contributed by atoms with E-state index in [9.17, 15) is 22.8 Å². The van der Waals surface area contributed by atoms with Crippen LogP contribution in [0.25, 0.3) is 0 Å². The van der Waals surface area contributed by atoms with E-state index in [1.54, 1.807) is 12.1 Å². The van der Waals surface area contributed by atoms with Crippen molar-refractivity contribution in [2.45, 2.75) is 36.0 Å². The fraction of sp³-hybridized carbons (Fsp3) is 0.429. The molecule has 1 heterocycles. The molecule has 126 valence electrons. The SMILES string of the molecule is CSc1ccc(Cl)c(CC2NC(=O)[C@@H](CC(F)(F)F)NC2=O)c1. The van der Waals surface area contributed by atoms with E-state index in [0.717, 1.165) is 4.90 Å². The first-order chi connectivity index (χ1) is 10.7. The van der Waals surface area contributed by atoms with Gasteiger partial charge in [-0.25, -0.2) is 0 Å². The second-order valence-corrected chi connectivity index (χ2v) is 6.39. The van der Waals surface area contributed by atoms with E-state index in [4.69, 9.17) is 11.6 Å². The van der Waals surface area contributed by atoms with Gasteiger partial charge in [0.2, 0.25) is 11.8 Å². The third kappa shape index (κ3) is 4.78. The predicted octanol–water partition coefficient (Wildman–Crippen LogP) is 2.54. The predicted molar refractivity (Wildman–Crippen MR) is 81.5 cm³/mol. The third-order valence-electron chi connectivity index (χ3n) is 3.38. The van der Waals surface area contributed by atoms with E-state index in [2.05, 4.69) is 10.6 Å². The lowest BCUT2D eigenvalue weighted by Crippen LogP contribution is -2.63. The Morgan fingerprint density at radius 2 is 1.78 bits per heavy atom. The average Bonchev–Trinajstić information content (AvgIpc) is 2.45. The number of rotatable bonds is 4. The number of thioether (sulfide) groups is 1. The van der Waals surface area contributed by atoms with Crippen LogP contribution in [0.15, 0.2) is 23.1 Å². The van der Waals surface area contributed by atoms with Crippen LogP contribution in [0.2, 0.25) is 5.02 Å². The minimum atomic E-state index is -4.53. The van der Waals surface area contributed by atoms with Crippen molar-refractivity contribution in [1.29, 1.82) is 0 Å². The highest BCUT2D eigenvalue weighted by Gasteiger charge is 2.41. The van der Waals surface area contributed by atoms with Crippen LogP contribution in [-0.2, 0) is 16.0 Å². The second-order valence-electron chi connectivity index (χ2n) is 5.10. The Labute approximate surface area is 140 Å². The minimum Gasteiger partial charge on any atom is -0.342 e. The van der Waals surface area contributed by atoms with Crippen molar-refractivity contribution in [3.05, 3.63) is 28.8 Å². The molecule has 1 aromatic rings. The molecule has 2 rings (SSSR count). The number of benzene rings is 1. The molecule has 1 saturated heterocycles. The summed E-state index contributed by atoms with van der Waals surface area (Å²) in [7, 11) is 0. The molecule has 2 amide bonds. The van der Waals surface area contributed by atoms with Crippen LogP contribution in [0.4, 0.5) is 13.2 Å². The maximum atomic E-state index is 12.4. The Kier molecular flexibility index (Phi) is 5.46. The fourth-order valence-corrected chi connectivity index (χ4v) is 2.91. The maximum absolute atomic E-state index is 12.4. The van der Waals surface area contributed by atoms with Gasteiger partial charge in [0.1, 0.15) is 12.1 Å². The Hall–Kier alpha value is -1.41. The summed E-state index contributed by atoms with van der Waals surface area (Å²) in [5, 5.41) is 4.89. The van der Waals surface area contributed by atoms with Gasteiger partial charge in [-0.05, 0) is 30.0 Å². The van der Waals surface area contributed by atoms with Crippen molar-refractivity contribution in [3.63, 3.8) is 0 Å². The van der Waals surface area contributed by atoms with E-state index >= 15 is 0 Å². The molecule has 0 aromatic heterocycles. The number of hydrogen-bond donors (Lipinski definition) is 2. The summed E-state index contributed by atoms with van der Waals surface area (Å²) in [5.74, 6) is -1.49. The first-order valence-electron chi connectivity index (χ1n) is 6.69. The van der Waals surface area contributed by atoms with Gasteiger partial charge < -0.3 is 10.6 Å². The first kappa shape index (κ1) is 17.9. The smallest absolute Gasteiger partial charge is 0.342 e. The zero-order chi connectivity index (χ0) is 17.2. The van der Waals surface area contributed by atoms with Crippen LogP contribution in [0.1, 0.15) is 12.0 Å². The molecule has 0 aliphatic carbocycles. The zero-order valence-corrected chi connectivity index (χ0v) is 13.6. The van der Waals surface area contributed by atoms with Crippen LogP contribution >= 0.6 is 23.4 Å². The number of amides is 2. The molecule has 1 aliphatic heterocycles. The van der Waals surface area contributed by atoms with Gasteiger partial charge in [-0.15, -0.1) is 11.8 Å². The van der Waals surface area contributed by atoms with Crippen LogP contribution in [-0.4, -0.2) is 36.3 Å². The summed E-state index contributed by atoms with van der Waals surface area (Å²) < 4.78 is 37.1. The molecule has 9 heteroatoms. The molecular formula is C14H14ClF3N2O2S. The Bertz CT molecular complexity index is 625. The highest BCUT2D eigenvalue weighted by Crippen LogP contribution is 2.26. The number of nitrogens with one attached hydrogen (secondary N) is 2. The fourth-order valence-electron chi connectivity index (χ4n) is 2.25. The molecule has 0 saturated carbocycles. The summed E-state index contributed by atoms with van der Waals surface area (Å²) >= 11 is 7.56. The van der Waals surface area contributed by atoms with Crippen LogP contribution in [0.3, 0.4) is 0 Å². The van der Waals surface area contributed by atoms with E-state index in [0.29, 0.717) is 10.6 Å². The lowest BCUT2D eigenvalue weighted by Gasteiger charge is -2.30. The molecule has 1 aliphatic rings. The van der Waals surface area contributed by atoms with E-state index < -0.39 is 36.5 Å². The first-order valence-corrected chi connectivity index (χ1v) is 8.30. The molecular weight excluding hydrogens is 353 g/mol. The summed E-state index contributed by atoms with van der Waals surface area (Å²) in [5.41, 5.74) is 0.647. The highest BCUT2D eigenvalue weighted by molar-refractivity contribution is 7.98. The number of piperazine rings is 1. The molecule has 0 bridgehead atoms. The molecule has 1 aromatic carbocycles. The second kappa shape index (κ2) is 7.00. The summed E-state index contributed by atoms with van der Waals surface area (Å²) in [4.78, 5) is 24.7. The van der Waals surface area contributed by atoms with E-state index in [1.165, 1.54) is 11.8 Å². The standard InChI is InChI=1S/C14H14ClF3N2O2S/c1-23-8-2-3-9(15)7(4-8)5-10-12(21)20-11(13(22)19-10)6-14(16,17)18/h2-4,10-11H,5-6H2,1H3,(H,19,22)(H,20,21)/t10?,11-/m1/s1. The largest absolute Gasteiger partial charge is 0.391 e. The lowest BCUT2D eigenvalue weighted by atomic mass is 10.0. The maximum Gasteiger partial charge on any atom is 0.391 e. The monoisotopic (exact) mass is 366 g/mol.